The second-order valence-corrected chi connectivity index (χ2v) is 9.39. The molecule has 0 radical (unpaired) electrons. The predicted octanol–water partition coefficient (Wildman–Crippen LogP) is -0.0222. The van der Waals surface area contributed by atoms with Crippen molar-refractivity contribution in [2.45, 2.75) is 71.1 Å². The smallest absolute Gasteiger partial charge is 0.326 e. The SMILES string of the molecule is CC(C)CC(NC(=O)C(CC(=O)O)NC(=O)C(N)C(C)C)C(=O)NC(Cc1ccc(O)cc1)C(=O)O. The summed E-state index contributed by atoms with van der Waals surface area (Å²) in [7, 11) is 0. The first-order chi connectivity index (χ1) is 16.7. The van der Waals surface area contributed by atoms with Gasteiger partial charge < -0.3 is 37.0 Å². The summed E-state index contributed by atoms with van der Waals surface area (Å²) < 4.78 is 0. The predicted molar refractivity (Wildman–Crippen MR) is 130 cm³/mol. The maximum absolute atomic E-state index is 13.0. The molecule has 1 aromatic carbocycles. The number of nitrogens with one attached hydrogen (secondary N) is 3. The van der Waals surface area contributed by atoms with E-state index in [0.717, 1.165) is 0 Å². The minimum Gasteiger partial charge on any atom is -0.508 e. The van der Waals surface area contributed by atoms with Crippen LogP contribution in [0.15, 0.2) is 24.3 Å². The zero-order chi connectivity index (χ0) is 27.6. The van der Waals surface area contributed by atoms with Crippen molar-refractivity contribution in [2.24, 2.45) is 17.6 Å². The van der Waals surface area contributed by atoms with E-state index in [1.165, 1.54) is 24.3 Å². The van der Waals surface area contributed by atoms with Crippen molar-refractivity contribution in [1.29, 1.82) is 0 Å². The van der Waals surface area contributed by atoms with Crippen molar-refractivity contribution in [3.05, 3.63) is 29.8 Å². The molecule has 0 aliphatic carbocycles. The van der Waals surface area contributed by atoms with Gasteiger partial charge in [0.1, 0.15) is 23.9 Å². The molecule has 1 aromatic rings. The van der Waals surface area contributed by atoms with Gasteiger partial charge in [0.15, 0.2) is 0 Å². The van der Waals surface area contributed by atoms with E-state index in [0.29, 0.717) is 5.56 Å². The Balaban J connectivity index is 3.03. The summed E-state index contributed by atoms with van der Waals surface area (Å²) in [6.07, 6.45) is -0.687. The van der Waals surface area contributed by atoms with Crippen LogP contribution in [-0.2, 0) is 30.4 Å². The number of benzene rings is 1. The zero-order valence-electron chi connectivity index (χ0n) is 20.9. The number of nitrogens with two attached hydrogens (primary N) is 1. The Morgan fingerprint density at radius 3 is 1.78 bits per heavy atom. The minimum atomic E-state index is -1.49. The lowest BCUT2D eigenvalue weighted by atomic mass is 10.0. The number of phenols is 1. The summed E-state index contributed by atoms with van der Waals surface area (Å²) in [5, 5.41) is 35.4. The van der Waals surface area contributed by atoms with Gasteiger partial charge in [-0.05, 0) is 36.0 Å². The lowest BCUT2D eigenvalue weighted by Crippen LogP contribution is -2.58. The molecule has 36 heavy (non-hydrogen) atoms. The second-order valence-electron chi connectivity index (χ2n) is 9.39. The fourth-order valence-electron chi connectivity index (χ4n) is 3.27. The van der Waals surface area contributed by atoms with E-state index in [1.807, 2.05) is 0 Å². The highest BCUT2D eigenvalue weighted by Crippen LogP contribution is 2.12. The normalized spacial score (nSPS) is 14.4. The topological polar surface area (TPSA) is 208 Å². The standard InChI is InChI=1S/C24H36N4O8/c1-12(2)9-16(21(32)28-18(24(35)36)10-14-5-7-15(29)8-6-14)26-22(33)17(11-19(30)31)27-23(34)20(25)13(3)4/h5-8,12-13,16-18,20,29H,9-11,25H2,1-4H3,(H,26,33)(H,27,34)(H,28,32)(H,30,31)(H,35,36). The number of amides is 3. The fraction of sp³-hybridized carbons (Fsp3) is 0.542. The van der Waals surface area contributed by atoms with E-state index in [9.17, 15) is 39.3 Å². The van der Waals surface area contributed by atoms with Crippen LogP contribution in [0.1, 0.15) is 46.1 Å². The second kappa shape index (κ2) is 14.0. The molecule has 12 nitrogen and oxygen atoms in total. The van der Waals surface area contributed by atoms with Crippen LogP contribution in [-0.4, -0.2) is 69.1 Å². The summed E-state index contributed by atoms with van der Waals surface area (Å²) in [4.78, 5) is 61.3. The van der Waals surface area contributed by atoms with Crippen LogP contribution in [0.3, 0.4) is 0 Å². The minimum absolute atomic E-state index is 0.00623. The van der Waals surface area contributed by atoms with Gasteiger partial charge in [0.2, 0.25) is 17.7 Å². The lowest BCUT2D eigenvalue weighted by Gasteiger charge is -2.26. The molecule has 0 spiro atoms. The van der Waals surface area contributed by atoms with Crippen molar-refractivity contribution in [3.8, 4) is 5.75 Å². The van der Waals surface area contributed by atoms with Gasteiger partial charge in [0, 0.05) is 6.42 Å². The third kappa shape index (κ3) is 10.3. The highest BCUT2D eigenvalue weighted by Gasteiger charge is 2.32. The molecule has 0 saturated heterocycles. The zero-order valence-corrected chi connectivity index (χ0v) is 20.9. The summed E-state index contributed by atoms with van der Waals surface area (Å²) in [5.41, 5.74) is 6.34. The Hall–Kier alpha value is -3.67. The van der Waals surface area contributed by atoms with Gasteiger partial charge in [-0.3, -0.25) is 19.2 Å². The lowest BCUT2D eigenvalue weighted by molar-refractivity contribution is -0.143. The van der Waals surface area contributed by atoms with Crippen LogP contribution in [0.2, 0.25) is 0 Å². The van der Waals surface area contributed by atoms with E-state index >= 15 is 0 Å². The van der Waals surface area contributed by atoms with Crippen LogP contribution < -0.4 is 21.7 Å². The van der Waals surface area contributed by atoms with Gasteiger partial charge in [-0.2, -0.15) is 0 Å². The Labute approximate surface area is 209 Å². The number of carboxylic acids is 2. The molecular weight excluding hydrogens is 472 g/mol. The van der Waals surface area contributed by atoms with Gasteiger partial charge in [0.05, 0.1) is 12.5 Å². The number of carboxylic acid groups (broad SMARTS) is 2. The number of carbonyl (C=O) groups is 5. The number of aliphatic carboxylic acids is 2. The maximum atomic E-state index is 13.0. The molecule has 200 valence electrons. The average molecular weight is 509 g/mol. The first kappa shape index (κ1) is 30.4. The van der Waals surface area contributed by atoms with E-state index in [-0.39, 0.29) is 30.4 Å². The number of rotatable bonds is 14. The molecule has 0 bridgehead atoms. The van der Waals surface area contributed by atoms with E-state index < -0.39 is 60.2 Å². The van der Waals surface area contributed by atoms with Gasteiger partial charge >= 0.3 is 11.9 Å². The van der Waals surface area contributed by atoms with E-state index in [1.54, 1.807) is 27.7 Å². The van der Waals surface area contributed by atoms with Crippen LogP contribution in [0, 0.1) is 11.8 Å². The largest absolute Gasteiger partial charge is 0.508 e. The molecule has 0 fully saturated rings. The van der Waals surface area contributed by atoms with Crippen LogP contribution in [0.4, 0.5) is 0 Å². The Morgan fingerprint density at radius 1 is 0.806 bits per heavy atom. The quantitative estimate of drug-likeness (QED) is 0.180. The van der Waals surface area contributed by atoms with Crippen LogP contribution >= 0.6 is 0 Å². The van der Waals surface area contributed by atoms with Crippen molar-refractivity contribution < 1.29 is 39.3 Å². The van der Waals surface area contributed by atoms with Gasteiger partial charge in [0.25, 0.3) is 0 Å². The Kier molecular flexibility index (Phi) is 11.8. The number of phenolic OH excluding ortho intramolecular Hbond substituents is 1. The number of aromatic hydroxyl groups is 1. The molecule has 0 heterocycles. The van der Waals surface area contributed by atoms with Gasteiger partial charge in [-0.15, -0.1) is 0 Å². The van der Waals surface area contributed by atoms with Crippen molar-refractivity contribution >= 4 is 29.7 Å². The summed E-state index contributed by atoms with van der Waals surface area (Å²) in [5.74, 6) is -5.40. The van der Waals surface area contributed by atoms with Crippen molar-refractivity contribution in [2.75, 3.05) is 0 Å². The molecule has 8 N–H and O–H groups in total. The number of carbonyl (C=O) groups excluding carboxylic acids is 3. The molecule has 0 saturated carbocycles. The molecular formula is C24H36N4O8. The molecule has 12 heteroatoms. The molecule has 4 unspecified atom stereocenters. The molecule has 3 amide bonds. The molecule has 0 aromatic heterocycles. The van der Waals surface area contributed by atoms with Crippen molar-refractivity contribution in [1.82, 2.24) is 16.0 Å². The van der Waals surface area contributed by atoms with Gasteiger partial charge in [-0.1, -0.05) is 39.8 Å². The van der Waals surface area contributed by atoms with Crippen LogP contribution in [0.25, 0.3) is 0 Å². The first-order valence-electron chi connectivity index (χ1n) is 11.6. The summed E-state index contributed by atoms with van der Waals surface area (Å²) in [6, 6.07) is 0.838. The van der Waals surface area contributed by atoms with Crippen molar-refractivity contribution in [3.63, 3.8) is 0 Å². The maximum Gasteiger partial charge on any atom is 0.326 e. The third-order valence-electron chi connectivity index (χ3n) is 5.36. The first-order valence-corrected chi connectivity index (χ1v) is 11.6. The number of hydrogen-bond donors (Lipinski definition) is 7. The Bertz CT molecular complexity index is 933. The molecule has 0 aliphatic heterocycles. The molecule has 4 atom stereocenters. The average Bonchev–Trinajstić information content (AvgIpc) is 2.77. The molecule has 1 rings (SSSR count). The van der Waals surface area contributed by atoms with E-state index in [2.05, 4.69) is 16.0 Å². The highest BCUT2D eigenvalue weighted by molar-refractivity contribution is 5.95. The van der Waals surface area contributed by atoms with Gasteiger partial charge in [-0.25, -0.2) is 4.79 Å². The molecule has 0 aliphatic rings. The summed E-state index contributed by atoms with van der Waals surface area (Å²) in [6.45, 7) is 6.96. The van der Waals surface area contributed by atoms with Crippen LogP contribution in [0.5, 0.6) is 5.75 Å². The summed E-state index contributed by atoms with van der Waals surface area (Å²) >= 11 is 0. The number of hydrogen-bond acceptors (Lipinski definition) is 7. The Morgan fingerprint density at radius 2 is 1.31 bits per heavy atom. The monoisotopic (exact) mass is 508 g/mol. The third-order valence-corrected chi connectivity index (χ3v) is 5.36. The van der Waals surface area contributed by atoms with E-state index in [4.69, 9.17) is 5.73 Å². The fourth-order valence-corrected chi connectivity index (χ4v) is 3.27. The highest BCUT2D eigenvalue weighted by atomic mass is 16.4.